The second-order valence-corrected chi connectivity index (χ2v) is 4.18. The second kappa shape index (κ2) is 4.95. The molecule has 0 saturated carbocycles. The molecule has 1 atom stereocenters. The number of aromatic nitrogens is 2. The molecule has 4 nitrogen and oxygen atoms in total. The van der Waals surface area contributed by atoms with Gasteiger partial charge in [0.1, 0.15) is 5.84 Å². The quantitative estimate of drug-likeness (QED) is 0.342. The molecule has 1 rings (SSSR count). The van der Waals surface area contributed by atoms with Gasteiger partial charge >= 0.3 is 0 Å². The molecule has 0 aliphatic carbocycles. The van der Waals surface area contributed by atoms with Gasteiger partial charge in [-0.2, -0.15) is 0 Å². The summed E-state index contributed by atoms with van der Waals surface area (Å²) in [6, 6.07) is 0. The third-order valence-electron chi connectivity index (χ3n) is 1.72. The van der Waals surface area contributed by atoms with E-state index in [9.17, 15) is 0 Å². The highest BCUT2D eigenvalue weighted by atomic mass is 32.2. The van der Waals surface area contributed by atoms with Crippen LogP contribution in [0.15, 0.2) is 17.6 Å². The zero-order valence-corrected chi connectivity index (χ0v) is 9.14. The Hall–Kier alpha value is -1.10. The van der Waals surface area contributed by atoms with Gasteiger partial charge in [0.15, 0.2) is 5.16 Å². The van der Waals surface area contributed by atoms with Gasteiger partial charge in [-0.05, 0) is 18.9 Å². The Kier molecular flexibility index (Phi) is 3.88. The molecule has 0 radical (unpaired) electrons. The summed E-state index contributed by atoms with van der Waals surface area (Å²) in [4.78, 5) is 8.30. The first-order chi connectivity index (χ1) is 6.63. The molecule has 0 amide bonds. The lowest BCUT2D eigenvalue weighted by Gasteiger charge is -2.10. The van der Waals surface area contributed by atoms with E-state index in [0.717, 1.165) is 12.0 Å². The van der Waals surface area contributed by atoms with Crippen LogP contribution in [0.4, 0.5) is 0 Å². The standard InChI is InChI=1S/C9H14N4S/c1-3-7(8(10)11)14-9-12-4-6(2)5-13-9/h4-5,7H,3H2,1-2H3,(H3,10,11). The van der Waals surface area contributed by atoms with Crippen LogP contribution in [0.5, 0.6) is 0 Å². The Bertz CT molecular complexity index is 309. The molecule has 5 heteroatoms. The topological polar surface area (TPSA) is 75.7 Å². The van der Waals surface area contributed by atoms with Crippen LogP contribution in [0.1, 0.15) is 18.9 Å². The zero-order chi connectivity index (χ0) is 10.6. The number of aryl methyl sites for hydroxylation is 1. The molecule has 0 fully saturated rings. The number of amidine groups is 1. The first-order valence-electron chi connectivity index (χ1n) is 4.42. The van der Waals surface area contributed by atoms with Crippen LogP contribution in [0.3, 0.4) is 0 Å². The third-order valence-corrected chi connectivity index (χ3v) is 3.02. The van der Waals surface area contributed by atoms with E-state index < -0.39 is 0 Å². The number of hydrogen-bond donors (Lipinski definition) is 2. The fraction of sp³-hybridized carbons (Fsp3) is 0.444. The van der Waals surface area contributed by atoms with Crippen LogP contribution in [-0.4, -0.2) is 21.1 Å². The second-order valence-electron chi connectivity index (χ2n) is 3.01. The van der Waals surface area contributed by atoms with Gasteiger partial charge < -0.3 is 5.73 Å². The molecule has 1 aromatic heterocycles. The van der Waals surface area contributed by atoms with Crippen LogP contribution in [0.25, 0.3) is 0 Å². The Morgan fingerprint density at radius 2 is 2.14 bits per heavy atom. The molecule has 1 heterocycles. The highest BCUT2D eigenvalue weighted by Gasteiger charge is 2.12. The maximum Gasteiger partial charge on any atom is 0.188 e. The van der Waals surface area contributed by atoms with E-state index >= 15 is 0 Å². The molecule has 0 aliphatic heterocycles. The normalized spacial score (nSPS) is 12.4. The van der Waals surface area contributed by atoms with Crippen molar-refractivity contribution in [1.29, 1.82) is 5.41 Å². The number of nitrogens with zero attached hydrogens (tertiary/aromatic N) is 2. The van der Waals surface area contributed by atoms with E-state index in [0.29, 0.717) is 5.16 Å². The van der Waals surface area contributed by atoms with E-state index in [1.54, 1.807) is 12.4 Å². The monoisotopic (exact) mass is 210 g/mol. The predicted octanol–water partition coefficient (Wildman–Crippen LogP) is 1.59. The van der Waals surface area contributed by atoms with Crippen LogP contribution < -0.4 is 5.73 Å². The molecule has 0 saturated heterocycles. The van der Waals surface area contributed by atoms with E-state index in [2.05, 4.69) is 9.97 Å². The van der Waals surface area contributed by atoms with Crippen LogP contribution in [0.2, 0.25) is 0 Å². The Morgan fingerprint density at radius 1 is 1.57 bits per heavy atom. The molecule has 0 spiro atoms. The summed E-state index contributed by atoms with van der Waals surface area (Å²) in [7, 11) is 0. The molecule has 1 aromatic rings. The maximum absolute atomic E-state index is 7.34. The molecule has 1 unspecified atom stereocenters. The molecular formula is C9H14N4S. The average Bonchev–Trinajstić information content (AvgIpc) is 2.16. The van der Waals surface area contributed by atoms with Crippen molar-refractivity contribution in [3.63, 3.8) is 0 Å². The fourth-order valence-electron chi connectivity index (χ4n) is 0.936. The summed E-state index contributed by atoms with van der Waals surface area (Å²) in [5.41, 5.74) is 6.46. The van der Waals surface area contributed by atoms with Crippen LogP contribution in [0, 0.1) is 12.3 Å². The summed E-state index contributed by atoms with van der Waals surface area (Å²) in [5, 5.41) is 8.01. The van der Waals surface area contributed by atoms with Crippen molar-refractivity contribution < 1.29 is 0 Å². The summed E-state index contributed by atoms with van der Waals surface area (Å²) in [6.07, 6.45) is 4.35. The number of thioether (sulfide) groups is 1. The van der Waals surface area contributed by atoms with Crippen molar-refractivity contribution >= 4 is 17.6 Å². The Labute approximate surface area is 87.8 Å². The van der Waals surface area contributed by atoms with Gasteiger partial charge in [-0.3, -0.25) is 5.41 Å². The summed E-state index contributed by atoms with van der Waals surface area (Å²) in [5.74, 6) is 0.182. The van der Waals surface area contributed by atoms with Crippen molar-refractivity contribution in [2.24, 2.45) is 5.73 Å². The summed E-state index contributed by atoms with van der Waals surface area (Å²) < 4.78 is 0. The first-order valence-corrected chi connectivity index (χ1v) is 5.30. The van der Waals surface area contributed by atoms with Crippen molar-refractivity contribution in [1.82, 2.24) is 9.97 Å². The average molecular weight is 210 g/mol. The minimum absolute atomic E-state index is 0.0160. The minimum atomic E-state index is -0.0160. The summed E-state index contributed by atoms with van der Waals surface area (Å²) in [6.45, 7) is 3.93. The van der Waals surface area contributed by atoms with Crippen molar-refractivity contribution in [3.05, 3.63) is 18.0 Å². The van der Waals surface area contributed by atoms with E-state index in [-0.39, 0.29) is 11.1 Å². The predicted molar refractivity (Wildman–Crippen MR) is 58.6 cm³/mol. The zero-order valence-electron chi connectivity index (χ0n) is 8.32. The fourth-order valence-corrected chi connectivity index (χ4v) is 1.71. The van der Waals surface area contributed by atoms with E-state index in [4.69, 9.17) is 11.1 Å². The lowest BCUT2D eigenvalue weighted by Crippen LogP contribution is -2.24. The summed E-state index contributed by atoms with van der Waals surface area (Å²) >= 11 is 1.43. The Balaban J connectivity index is 2.67. The van der Waals surface area contributed by atoms with Gasteiger partial charge in [-0.1, -0.05) is 18.7 Å². The van der Waals surface area contributed by atoms with Gasteiger partial charge in [0.2, 0.25) is 0 Å². The lowest BCUT2D eigenvalue weighted by atomic mass is 10.3. The van der Waals surface area contributed by atoms with Gasteiger partial charge in [-0.15, -0.1) is 0 Å². The minimum Gasteiger partial charge on any atom is -0.387 e. The number of nitrogens with one attached hydrogen (secondary N) is 1. The number of nitrogens with two attached hydrogens (primary N) is 1. The highest BCUT2D eigenvalue weighted by Crippen LogP contribution is 2.21. The van der Waals surface area contributed by atoms with Crippen molar-refractivity contribution in [3.8, 4) is 0 Å². The van der Waals surface area contributed by atoms with Crippen LogP contribution in [-0.2, 0) is 0 Å². The van der Waals surface area contributed by atoms with Gasteiger partial charge in [0.05, 0.1) is 5.25 Å². The SMILES string of the molecule is CCC(Sc1ncc(C)cn1)C(=N)N. The largest absolute Gasteiger partial charge is 0.387 e. The van der Waals surface area contributed by atoms with E-state index in [1.165, 1.54) is 11.8 Å². The number of rotatable bonds is 4. The van der Waals surface area contributed by atoms with Crippen molar-refractivity contribution in [2.45, 2.75) is 30.7 Å². The Morgan fingerprint density at radius 3 is 2.57 bits per heavy atom. The smallest absolute Gasteiger partial charge is 0.188 e. The maximum atomic E-state index is 7.34. The highest BCUT2D eigenvalue weighted by molar-refractivity contribution is 8.00. The number of hydrogen-bond acceptors (Lipinski definition) is 4. The van der Waals surface area contributed by atoms with Crippen LogP contribution >= 0.6 is 11.8 Å². The lowest BCUT2D eigenvalue weighted by molar-refractivity contribution is 0.928. The molecule has 3 N–H and O–H groups in total. The molecule has 14 heavy (non-hydrogen) atoms. The molecule has 0 aliphatic rings. The molecule has 0 bridgehead atoms. The molecule has 76 valence electrons. The van der Waals surface area contributed by atoms with Gasteiger partial charge in [0.25, 0.3) is 0 Å². The third kappa shape index (κ3) is 2.99. The molecule has 0 aromatic carbocycles. The van der Waals surface area contributed by atoms with E-state index in [1.807, 2.05) is 13.8 Å². The van der Waals surface area contributed by atoms with Crippen molar-refractivity contribution in [2.75, 3.05) is 0 Å². The van der Waals surface area contributed by atoms with Gasteiger partial charge in [0, 0.05) is 12.4 Å². The molecular weight excluding hydrogens is 196 g/mol. The van der Waals surface area contributed by atoms with Gasteiger partial charge in [-0.25, -0.2) is 9.97 Å². The first kappa shape index (κ1) is 11.0.